The van der Waals surface area contributed by atoms with Gasteiger partial charge in [-0.3, -0.25) is 4.98 Å². The van der Waals surface area contributed by atoms with Crippen LogP contribution in [0.5, 0.6) is 0 Å². The summed E-state index contributed by atoms with van der Waals surface area (Å²) >= 11 is 0. The highest BCUT2D eigenvalue weighted by atomic mass is 14.8. The molecule has 0 bridgehead atoms. The molecule has 0 atom stereocenters. The third-order valence-corrected chi connectivity index (χ3v) is 2.86. The van der Waals surface area contributed by atoms with Crippen molar-refractivity contribution in [2.24, 2.45) is 0 Å². The minimum absolute atomic E-state index is 0.976. The van der Waals surface area contributed by atoms with Gasteiger partial charge in [-0.1, -0.05) is 12.1 Å². The molecule has 2 aromatic rings. The summed E-state index contributed by atoms with van der Waals surface area (Å²) in [7, 11) is 1.97. The summed E-state index contributed by atoms with van der Waals surface area (Å²) < 4.78 is 0. The van der Waals surface area contributed by atoms with Crippen molar-refractivity contribution in [1.82, 2.24) is 10.3 Å². The summed E-state index contributed by atoms with van der Waals surface area (Å²) in [4.78, 5) is 4.69. The lowest BCUT2D eigenvalue weighted by Crippen LogP contribution is -2.11. The first-order valence-corrected chi connectivity index (χ1v) is 5.72. The Morgan fingerprint density at radius 3 is 2.75 bits per heavy atom. The first-order chi connectivity index (χ1) is 7.70. The molecular formula is C14H18N2. The van der Waals surface area contributed by atoms with Crippen LogP contribution < -0.4 is 5.32 Å². The molecule has 0 aliphatic rings. The largest absolute Gasteiger partial charge is 0.319 e. The zero-order valence-corrected chi connectivity index (χ0v) is 10.2. The number of hydrogen-bond acceptors (Lipinski definition) is 2. The van der Waals surface area contributed by atoms with Gasteiger partial charge in [0.05, 0.1) is 5.52 Å². The third kappa shape index (κ3) is 2.22. The summed E-state index contributed by atoms with van der Waals surface area (Å²) in [6.45, 7) is 5.24. The summed E-state index contributed by atoms with van der Waals surface area (Å²) in [6, 6.07) is 8.65. The van der Waals surface area contributed by atoms with Crippen LogP contribution in [0.15, 0.2) is 24.3 Å². The number of pyridine rings is 1. The van der Waals surface area contributed by atoms with E-state index in [4.69, 9.17) is 4.98 Å². The normalized spacial score (nSPS) is 10.9. The van der Waals surface area contributed by atoms with Crippen LogP contribution in [0.4, 0.5) is 0 Å². The van der Waals surface area contributed by atoms with E-state index in [1.807, 2.05) is 7.05 Å². The summed E-state index contributed by atoms with van der Waals surface area (Å²) in [5.74, 6) is 0. The highest BCUT2D eigenvalue weighted by Gasteiger charge is 2.02. The van der Waals surface area contributed by atoms with Gasteiger partial charge in [0.1, 0.15) is 0 Å². The van der Waals surface area contributed by atoms with Crippen LogP contribution in [0.2, 0.25) is 0 Å². The van der Waals surface area contributed by atoms with E-state index in [9.17, 15) is 0 Å². The molecule has 1 aromatic heterocycles. The van der Waals surface area contributed by atoms with Crippen LogP contribution in [0.25, 0.3) is 10.9 Å². The maximum Gasteiger partial charge on any atom is 0.0710 e. The van der Waals surface area contributed by atoms with E-state index in [0.29, 0.717) is 0 Å². The van der Waals surface area contributed by atoms with E-state index < -0.39 is 0 Å². The lowest BCUT2D eigenvalue weighted by molar-refractivity contribution is 0.778. The second-order valence-electron chi connectivity index (χ2n) is 4.30. The van der Waals surface area contributed by atoms with Crippen molar-refractivity contribution in [3.8, 4) is 0 Å². The van der Waals surface area contributed by atoms with Crippen LogP contribution >= 0.6 is 0 Å². The van der Waals surface area contributed by atoms with Crippen molar-refractivity contribution >= 4 is 10.9 Å². The van der Waals surface area contributed by atoms with E-state index >= 15 is 0 Å². The molecule has 0 aliphatic carbocycles. The number of hydrogen-bond donors (Lipinski definition) is 1. The van der Waals surface area contributed by atoms with Crippen LogP contribution in [-0.4, -0.2) is 18.6 Å². The zero-order valence-electron chi connectivity index (χ0n) is 10.2. The van der Waals surface area contributed by atoms with Crippen LogP contribution in [-0.2, 0) is 6.42 Å². The van der Waals surface area contributed by atoms with Gasteiger partial charge >= 0.3 is 0 Å². The van der Waals surface area contributed by atoms with Crippen LogP contribution in [0.1, 0.15) is 16.8 Å². The molecule has 0 aliphatic heterocycles. The standard InChI is InChI=1S/C14H18N2/c1-10-4-5-13-11(2)9-12(6-7-15-3)16-14(13)8-10/h4-5,8-9,15H,6-7H2,1-3H3. The van der Waals surface area contributed by atoms with E-state index in [0.717, 1.165) is 18.5 Å². The molecule has 2 nitrogen and oxygen atoms in total. The molecule has 0 amide bonds. The summed E-state index contributed by atoms with van der Waals surface area (Å²) in [6.07, 6.45) is 0.987. The fourth-order valence-corrected chi connectivity index (χ4v) is 1.96. The van der Waals surface area contributed by atoms with Gasteiger partial charge < -0.3 is 5.32 Å². The molecule has 2 rings (SSSR count). The number of benzene rings is 1. The average molecular weight is 214 g/mol. The van der Waals surface area contributed by atoms with E-state index in [1.54, 1.807) is 0 Å². The average Bonchev–Trinajstić information content (AvgIpc) is 2.25. The Hall–Kier alpha value is -1.41. The molecule has 0 radical (unpaired) electrons. The second-order valence-corrected chi connectivity index (χ2v) is 4.30. The Morgan fingerprint density at radius 1 is 1.19 bits per heavy atom. The van der Waals surface area contributed by atoms with Crippen molar-refractivity contribution in [2.75, 3.05) is 13.6 Å². The van der Waals surface area contributed by atoms with Gasteiger partial charge in [0.25, 0.3) is 0 Å². The number of aryl methyl sites for hydroxylation is 2. The minimum atomic E-state index is 0.976. The van der Waals surface area contributed by atoms with Gasteiger partial charge in [0.2, 0.25) is 0 Å². The van der Waals surface area contributed by atoms with Crippen molar-refractivity contribution in [2.45, 2.75) is 20.3 Å². The number of fused-ring (bicyclic) bond motifs is 1. The maximum absolute atomic E-state index is 4.69. The Bertz CT molecular complexity index is 503. The summed E-state index contributed by atoms with van der Waals surface area (Å²) in [5.41, 5.74) is 4.87. The van der Waals surface area contributed by atoms with Crippen molar-refractivity contribution < 1.29 is 0 Å². The number of rotatable bonds is 3. The molecule has 2 heteroatoms. The predicted octanol–water partition coefficient (Wildman–Crippen LogP) is 2.61. The van der Waals surface area contributed by atoms with Gasteiger partial charge in [-0.15, -0.1) is 0 Å². The molecule has 16 heavy (non-hydrogen) atoms. The molecule has 0 spiro atoms. The molecule has 0 saturated heterocycles. The van der Waals surface area contributed by atoms with E-state index in [-0.39, 0.29) is 0 Å². The van der Waals surface area contributed by atoms with E-state index in [2.05, 4.69) is 43.4 Å². The first kappa shape index (κ1) is 11.1. The Balaban J connectivity index is 2.47. The van der Waals surface area contributed by atoms with Gasteiger partial charge in [0, 0.05) is 24.0 Å². The molecule has 1 N–H and O–H groups in total. The second kappa shape index (κ2) is 4.62. The highest BCUT2D eigenvalue weighted by Crippen LogP contribution is 2.19. The Morgan fingerprint density at radius 2 is 2.00 bits per heavy atom. The van der Waals surface area contributed by atoms with Gasteiger partial charge in [-0.25, -0.2) is 0 Å². The van der Waals surface area contributed by atoms with Gasteiger partial charge in [0.15, 0.2) is 0 Å². The SMILES string of the molecule is CNCCc1cc(C)c2ccc(C)cc2n1. The minimum Gasteiger partial charge on any atom is -0.319 e. The first-order valence-electron chi connectivity index (χ1n) is 5.72. The number of nitrogens with one attached hydrogen (secondary N) is 1. The third-order valence-electron chi connectivity index (χ3n) is 2.86. The quantitative estimate of drug-likeness (QED) is 0.849. The maximum atomic E-state index is 4.69. The number of aromatic nitrogens is 1. The summed E-state index contributed by atoms with van der Waals surface area (Å²) in [5, 5.41) is 4.42. The van der Waals surface area contributed by atoms with Crippen LogP contribution in [0.3, 0.4) is 0 Å². The molecule has 0 saturated carbocycles. The molecular weight excluding hydrogens is 196 g/mol. The predicted molar refractivity (Wildman–Crippen MR) is 68.8 cm³/mol. The van der Waals surface area contributed by atoms with E-state index in [1.165, 1.54) is 22.2 Å². The van der Waals surface area contributed by atoms with Crippen molar-refractivity contribution in [3.63, 3.8) is 0 Å². The van der Waals surface area contributed by atoms with Gasteiger partial charge in [-0.2, -0.15) is 0 Å². The molecule has 1 heterocycles. The lowest BCUT2D eigenvalue weighted by Gasteiger charge is -2.07. The van der Waals surface area contributed by atoms with Crippen molar-refractivity contribution in [1.29, 1.82) is 0 Å². The fourth-order valence-electron chi connectivity index (χ4n) is 1.96. The van der Waals surface area contributed by atoms with Crippen molar-refractivity contribution in [3.05, 3.63) is 41.1 Å². The Kier molecular flexibility index (Phi) is 3.20. The number of likely N-dealkylation sites (N-methyl/N-ethyl adjacent to an activating group) is 1. The van der Waals surface area contributed by atoms with Crippen LogP contribution in [0, 0.1) is 13.8 Å². The molecule has 84 valence electrons. The Labute approximate surface area is 96.7 Å². The fraction of sp³-hybridized carbons (Fsp3) is 0.357. The molecule has 0 unspecified atom stereocenters. The van der Waals surface area contributed by atoms with Gasteiger partial charge in [-0.05, 0) is 44.2 Å². The zero-order chi connectivity index (χ0) is 11.5. The highest BCUT2D eigenvalue weighted by molar-refractivity contribution is 5.82. The number of nitrogens with zero attached hydrogens (tertiary/aromatic N) is 1. The topological polar surface area (TPSA) is 24.9 Å². The molecule has 0 fully saturated rings. The monoisotopic (exact) mass is 214 g/mol. The molecule has 1 aromatic carbocycles. The lowest BCUT2D eigenvalue weighted by atomic mass is 10.1. The smallest absolute Gasteiger partial charge is 0.0710 e.